The lowest BCUT2D eigenvalue weighted by molar-refractivity contribution is 0.590. The summed E-state index contributed by atoms with van der Waals surface area (Å²) in [6.45, 7) is 7.40. The van der Waals surface area contributed by atoms with Crippen LogP contribution in [-0.2, 0) is 11.8 Å². The number of fused-ring (bicyclic) bond motifs is 1. The van der Waals surface area contributed by atoms with Gasteiger partial charge in [-0.25, -0.2) is 9.97 Å². The van der Waals surface area contributed by atoms with E-state index in [1.165, 1.54) is 5.56 Å². The van der Waals surface area contributed by atoms with Gasteiger partial charge in [0.15, 0.2) is 0 Å². The Labute approximate surface area is 182 Å². The zero-order valence-electron chi connectivity index (χ0n) is 18.1. The molecule has 0 aliphatic heterocycles. The molecule has 4 rings (SSSR count). The molecule has 6 nitrogen and oxygen atoms in total. The summed E-state index contributed by atoms with van der Waals surface area (Å²) in [5.74, 6) is 0.776. The van der Waals surface area contributed by atoms with E-state index in [4.69, 9.17) is 10.2 Å². The summed E-state index contributed by atoms with van der Waals surface area (Å²) in [6.07, 6.45) is 7.06. The Kier molecular flexibility index (Phi) is 5.68. The second kappa shape index (κ2) is 8.57. The minimum absolute atomic E-state index is 0.121. The second-order valence-electron chi connectivity index (χ2n) is 8.63. The van der Waals surface area contributed by atoms with Gasteiger partial charge in [-0.05, 0) is 36.0 Å². The van der Waals surface area contributed by atoms with Gasteiger partial charge in [0.2, 0.25) is 5.95 Å². The van der Waals surface area contributed by atoms with Crippen molar-refractivity contribution >= 4 is 11.6 Å². The van der Waals surface area contributed by atoms with Gasteiger partial charge in [-0.15, -0.1) is 0 Å². The zero-order valence-corrected chi connectivity index (χ0v) is 18.1. The molecule has 31 heavy (non-hydrogen) atoms. The SMILES string of the molecule is CC(C)(C)c1ccc(-c2cc3nccn3c(NCCCc3ccc(C#N)cn3)n2)cc1. The molecule has 0 atom stereocenters. The van der Waals surface area contributed by atoms with E-state index in [2.05, 4.69) is 66.4 Å². The lowest BCUT2D eigenvalue weighted by Crippen LogP contribution is -2.11. The molecular formula is C25H26N6. The number of aromatic nitrogens is 4. The number of imidazole rings is 1. The fourth-order valence-electron chi connectivity index (χ4n) is 3.45. The molecule has 1 aromatic carbocycles. The largest absolute Gasteiger partial charge is 0.355 e. The van der Waals surface area contributed by atoms with Crippen LogP contribution in [-0.4, -0.2) is 25.9 Å². The van der Waals surface area contributed by atoms with Crippen LogP contribution in [0.4, 0.5) is 5.95 Å². The van der Waals surface area contributed by atoms with Gasteiger partial charge in [-0.2, -0.15) is 5.26 Å². The number of hydrogen-bond acceptors (Lipinski definition) is 5. The number of nitrogens with one attached hydrogen (secondary N) is 1. The van der Waals surface area contributed by atoms with E-state index in [-0.39, 0.29) is 5.41 Å². The molecule has 0 saturated heterocycles. The summed E-state index contributed by atoms with van der Waals surface area (Å²) in [7, 11) is 0. The first-order valence-electron chi connectivity index (χ1n) is 10.5. The molecule has 0 unspecified atom stereocenters. The van der Waals surface area contributed by atoms with Crippen LogP contribution >= 0.6 is 0 Å². The van der Waals surface area contributed by atoms with E-state index in [9.17, 15) is 0 Å². The minimum Gasteiger partial charge on any atom is -0.355 e. The average molecular weight is 411 g/mol. The smallest absolute Gasteiger partial charge is 0.209 e. The van der Waals surface area contributed by atoms with Gasteiger partial charge in [0, 0.05) is 42.5 Å². The highest BCUT2D eigenvalue weighted by Gasteiger charge is 2.14. The zero-order chi connectivity index (χ0) is 21.8. The third-order valence-electron chi connectivity index (χ3n) is 5.28. The van der Waals surface area contributed by atoms with E-state index in [1.807, 2.05) is 22.7 Å². The van der Waals surface area contributed by atoms with E-state index < -0.39 is 0 Å². The first kappa shape index (κ1) is 20.5. The number of pyridine rings is 1. The Hall–Kier alpha value is -3.72. The van der Waals surface area contributed by atoms with Crippen molar-refractivity contribution in [3.05, 3.63) is 77.9 Å². The Bertz CT molecular complexity index is 1210. The topological polar surface area (TPSA) is 78.9 Å². The molecule has 3 heterocycles. The highest BCUT2D eigenvalue weighted by molar-refractivity contribution is 5.66. The van der Waals surface area contributed by atoms with E-state index in [0.29, 0.717) is 5.56 Å². The van der Waals surface area contributed by atoms with Crippen molar-refractivity contribution in [3.8, 4) is 17.3 Å². The van der Waals surface area contributed by atoms with Gasteiger partial charge >= 0.3 is 0 Å². The first-order valence-corrected chi connectivity index (χ1v) is 10.5. The summed E-state index contributed by atoms with van der Waals surface area (Å²) < 4.78 is 1.97. The third kappa shape index (κ3) is 4.72. The van der Waals surface area contributed by atoms with Crippen molar-refractivity contribution in [2.75, 3.05) is 11.9 Å². The maximum Gasteiger partial charge on any atom is 0.209 e. The summed E-state index contributed by atoms with van der Waals surface area (Å²) in [5.41, 5.74) is 5.82. The Morgan fingerprint density at radius 1 is 1.06 bits per heavy atom. The number of rotatable bonds is 6. The van der Waals surface area contributed by atoms with Gasteiger partial charge in [0.25, 0.3) is 0 Å². The molecule has 0 aliphatic rings. The minimum atomic E-state index is 0.121. The molecule has 3 aromatic heterocycles. The van der Waals surface area contributed by atoms with Crippen LogP contribution in [0.3, 0.4) is 0 Å². The fraction of sp³-hybridized carbons (Fsp3) is 0.280. The molecule has 6 heteroatoms. The first-order chi connectivity index (χ1) is 14.9. The van der Waals surface area contributed by atoms with Gasteiger partial charge in [-0.1, -0.05) is 45.0 Å². The van der Waals surface area contributed by atoms with Gasteiger partial charge in [-0.3, -0.25) is 9.38 Å². The third-order valence-corrected chi connectivity index (χ3v) is 5.28. The molecule has 0 saturated carbocycles. The van der Waals surface area contributed by atoms with Crippen molar-refractivity contribution in [3.63, 3.8) is 0 Å². The van der Waals surface area contributed by atoms with Crippen molar-refractivity contribution in [2.45, 2.75) is 39.0 Å². The molecule has 4 aromatic rings. The maximum atomic E-state index is 8.88. The van der Waals surface area contributed by atoms with Crippen molar-refractivity contribution in [2.24, 2.45) is 0 Å². The van der Waals surface area contributed by atoms with E-state index in [0.717, 1.165) is 47.9 Å². The molecular weight excluding hydrogens is 384 g/mol. The van der Waals surface area contributed by atoms with Crippen LogP contribution in [0.5, 0.6) is 0 Å². The van der Waals surface area contributed by atoms with E-state index >= 15 is 0 Å². The second-order valence-corrected chi connectivity index (χ2v) is 8.63. The molecule has 0 aliphatic carbocycles. The monoisotopic (exact) mass is 410 g/mol. The summed E-state index contributed by atoms with van der Waals surface area (Å²) in [6, 6.07) is 16.4. The molecule has 0 radical (unpaired) electrons. The van der Waals surface area contributed by atoms with Gasteiger partial charge in [0.1, 0.15) is 11.7 Å². The molecule has 156 valence electrons. The summed E-state index contributed by atoms with van der Waals surface area (Å²) in [5, 5.41) is 12.3. The number of anilines is 1. The highest BCUT2D eigenvalue weighted by Crippen LogP contribution is 2.26. The number of hydrogen-bond donors (Lipinski definition) is 1. The van der Waals surface area contributed by atoms with Crippen LogP contribution in [0, 0.1) is 11.3 Å². The lowest BCUT2D eigenvalue weighted by atomic mass is 9.86. The van der Waals surface area contributed by atoms with Crippen LogP contribution in [0.1, 0.15) is 44.0 Å². The number of aryl methyl sites for hydroxylation is 1. The van der Waals surface area contributed by atoms with E-state index in [1.54, 1.807) is 18.5 Å². The van der Waals surface area contributed by atoms with Crippen LogP contribution < -0.4 is 5.32 Å². The van der Waals surface area contributed by atoms with Crippen molar-refractivity contribution < 1.29 is 0 Å². The van der Waals surface area contributed by atoms with Crippen molar-refractivity contribution in [1.29, 1.82) is 5.26 Å². The summed E-state index contributed by atoms with van der Waals surface area (Å²) >= 11 is 0. The predicted molar refractivity (Wildman–Crippen MR) is 123 cm³/mol. The maximum absolute atomic E-state index is 8.88. The number of nitrogens with zero attached hydrogens (tertiary/aromatic N) is 5. The van der Waals surface area contributed by atoms with Crippen LogP contribution in [0.15, 0.2) is 61.1 Å². The van der Waals surface area contributed by atoms with Gasteiger partial charge < -0.3 is 5.32 Å². The molecule has 0 amide bonds. The molecule has 0 spiro atoms. The highest BCUT2D eigenvalue weighted by atomic mass is 15.2. The quantitative estimate of drug-likeness (QED) is 0.452. The Balaban J connectivity index is 1.48. The van der Waals surface area contributed by atoms with Crippen LogP contribution in [0.2, 0.25) is 0 Å². The van der Waals surface area contributed by atoms with Crippen molar-refractivity contribution in [1.82, 2.24) is 19.4 Å². The fourth-order valence-corrected chi connectivity index (χ4v) is 3.45. The Morgan fingerprint density at radius 3 is 2.55 bits per heavy atom. The normalized spacial score (nSPS) is 11.4. The van der Waals surface area contributed by atoms with Crippen LogP contribution in [0.25, 0.3) is 16.9 Å². The molecule has 0 bridgehead atoms. The standard InChI is InChI=1S/C25H26N6/c1-25(2,3)20-9-7-19(8-10-20)22-15-23-27-13-14-31(23)24(30-22)28-12-4-5-21-11-6-18(16-26)17-29-21/h6-11,13-15,17H,4-5,12H2,1-3H3,(H,28,30). The Morgan fingerprint density at radius 2 is 1.87 bits per heavy atom. The number of benzene rings is 1. The average Bonchev–Trinajstić information content (AvgIpc) is 3.25. The van der Waals surface area contributed by atoms with Gasteiger partial charge in [0.05, 0.1) is 11.3 Å². The lowest BCUT2D eigenvalue weighted by Gasteiger charge is -2.19. The predicted octanol–water partition coefficient (Wildman–Crippen LogP) is 5.01. The number of nitriles is 1. The summed E-state index contributed by atoms with van der Waals surface area (Å²) in [4.78, 5) is 13.7. The molecule has 1 N–H and O–H groups in total. The molecule has 0 fully saturated rings.